The summed E-state index contributed by atoms with van der Waals surface area (Å²) in [5.74, 6) is 0.588. The minimum atomic E-state index is 0.588. The Morgan fingerprint density at radius 1 is 1.57 bits per heavy atom. The van der Waals surface area contributed by atoms with Crippen LogP contribution in [0.25, 0.3) is 0 Å². The Kier molecular flexibility index (Phi) is 3.29. The van der Waals surface area contributed by atoms with Crippen molar-refractivity contribution in [3.63, 3.8) is 0 Å². The van der Waals surface area contributed by atoms with E-state index < -0.39 is 0 Å². The van der Waals surface area contributed by atoms with E-state index >= 15 is 0 Å². The molecular formula is C6H11N. The molecule has 1 nitrogen and oxygen atoms in total. The molecule has 0 aliphatic carbocycles. The fourth-order valence-corrected chi connectivity index (χ4v) is 0.233. The molecule has 0 unspecified atom stereocenters. The lowest BCUT2D eigenvalue weighted by Crippen LogP contribution is -1.73. The predicted molar refractivity (Wildman–Crippen MR) is 33.5 cm³/mol. The van der Waals surface area contributed by atoms with Gasteiger partial charge in [0.2, 0.25) is 0 Å². The van der Waals surface area contributed by atoms with Crippen LogP contribution >= 0.6 is 0 Å². The number of nitrogens with zero attached hydrogens (tertiary/aromatic N) is 1. The quantitative estimate of drug-likeness (QED) is 0.466. The summed E-state index contributed by atoms with van der Waals surface area (Å²) in [6.07, 6.45) is 3.71. The average molecular weight is 97.2 g/mol. The highest BCUT2D eigenvalue weighted by Gasteiger charge is 1.77. The summed E-state index contributed by atoms with van der Waals surface area (Å²) in [5, 5.41) is 0. The number of allylic oxidation sites excluding steroid dienone is 1. The van der Waals surface area contributed by atoms with Gasteiger partial charge in [0.1, 0.15) is 0 Å². The molecule has 0 aliphatic rings. The zero-order chi connectivity index (χ0) is 5.70. The van der Waals surface area contributed by atoms with E-state index in [9.17, 15) is 0 Å². The molecule has 0 radical (unpaired) electrons. The van der Waals surface area contributed by atoms with Gasteiger partial charge >= 0.3 is 0 Å². The second kappa shape index (κ2) is 3.59. The van der Waals surface area contributed by atoms with E-state index in [2.05, 4.69) is 25.6 Å². The molecule has 0 saturated heterocycles. The van der Waals surface area contributed by atoms with Gasteiger partial charge in [0.15, 0.2) is 0 Å². The SMILES string of the molecule is C=N/C=C\C(C)C. The Morgan fingerprint density at radius 3 is 2.29 bits per heavy atom. The summed E-state index contributed by atoms with van der Waals surface area (Å²) in [4.78, 5) is 3.55. The van der Waals surface area contributed by atoms with Crippen LogP contribution < -0.4 is 0 Å². The average Bonchev–Trinajstić information content (AvgIpc) is 1.61. The van der Waals surface area contributed by atoms with Gasteiger partial charge in [0.05, 0.1) is 0 Å². The molecule has 40 valence electrons. The number of hydrogen-bond acceptors (Lipinski definition) is 1. The molecule has 0 aliphatic heterocycles. The first kappa shape index (κ1) is 6.41. The van der Waals surface area contributed by atoms with Crippen molar-refractivity contribution in [1.82, 2.24) is 0 Å². The molecule has 0 aromatic heterocycles. The Bertz CT molecular complexity index is 72.2. The molecule has 0 spiro atoms. The lowest BCUT2D eigenvalue weighted by molar-refractivity contribution is 0.829. The molecule has 0 bridgehead atoms. The van der Waals surface area contributed by atoms with E-state index in [1.165, 1.54) is 0 Å². The summed E-state index contributed by atoms with van der Waals surface area (Å²) in [5.41, 5.74) is 0. The van der Waals surface area contributed by atoms with Gasteiger partial charge in [-0.1, -0.05) is 19.9 Å². The third-order valence-electron chi connectivity index (χ3n) is 0.576. The first-order valence-electron chi connectivity index (χ1n) is 2.40. The number of hydrogen-bond donors (Lipinski definition) is 0. The minimum Gasteiger partial charge on any atom is -0.273 e. The van der Waals surface area contributed by atoms with Crippen LogP contribution in [-0.2, 0) is 0 Å². The van der Waals surface area contributed by atoms with Crippen molar-refractivity contribution in [1.29, 1.82) is 0 Å². The van der Waals surface area contributed by atoms with E-state index in [0.29, 0.717) is 5.92 Å². The number of rotatable bonds is 2. The van der Waals surface area contributed by atoms with E-state index in [-0.39, 0.29) is 0 Å². The standard InChI is InChI=1S/C6H11N/c1-6(2)4-5-7-3/h4-6H,3H2,1-2H3/b5-4-. The summed E-state index contributed by atoms with van der Waals surface area (Å²) in [7, 11) is 0. The van der Waals surface area contributed by atoms with Crippen LogP contribution in [0.4, 0.5) is 0 Å². The maximum absolute atomic E-state index is 3.55. The van der Waals surface area contributed by atoms with Crippen molar-refractivity contribution in [3.05, 3.63) is 12.3 Å². The molecule has 0 fully saturated rings. The highest BCUT2D eigenvalue weighted by Crippen LogP contribution is 1.91. The van der Waals surface area contributed by atoms with Crippen molar-refractivity contribution in [2.45, 2.75) is 13.8 Å². The van der Waals surface area contributed by atoms with Gasteiger partial charge < -0.3 is 0 Å². The first-order chi connectivity index (χ1) is 3.27. The molecule has 0 aromatic rings. The van der Waals surface area contributed by atoms with Crippen LogP contribution in [0, 0.1) is 5.92 Å². The molecule has 0 atom stereocenters. The minimum absolute atomic E-state index is 0.588. The van der Waals surface area contributed by atoms with Gasteiger partial charge in [-0.2, -0.15) is 0 Å². The topological polar surface area (TPSA) is 12.4 Å². The Labute approximate surface area is 44.8 Å². The van der Waals surface area contributed by atoms with Gasteiger partial charge in [-0.3, -0.25) is 4.99 Å². The van der Waals surface area contributed by atoms with Crippen molar-refractivity contribution < 1.29 is 0 Å². The first-order valence-corrected chi connectivity index (χ1v) is 2.40. The molecule has 1 heteroatoms. The zero-order valence-corrected chi connectivity index (χ0v) is 4.89. The second-order valence-corrected chi connectivity index (χ2v) is 1.77. The van der Waals surface area contributed by atoms with E-state index in [1.807, 2.05) is 6.08 Å². The van der Waals surface area contributed by atoms with Crippen molar-refractivity contribution in [2.24, 2.45) is 10.9 Å². The fraction of sp³-hybridized carbons (Fsp3) is 0.500. The molecular weight excluding hydrogens is 86.1 g/mol. The van der Waals surface area contributed by atoms with Crippen LogP contribution in [0.15, 0.2) is 17.3 Å². The predicted octanol–water partition coefficient (Wildman–Crippen LogP) is 1.86. The zero-order valence-electron chi connectivity index (χ0n) is 4.89. The lowest BCUT2D eigenvalue weighted by atomic mass is 10.2. The summed E-state index contributed by atoms with van der Waals surface area (Å²) >= 11 is 0. The number of aliphatic imine (C=N–C) groups is 1. The summed E-state index contributed by atoms with van der Waals surface area (Å²) in [6.45, 7) is 7.49. The third kappa shape index (κ3) is 5.41. The van der Waals surface area contributed by atoms with Crippen LogP contribution in [0.2, 0.25) is 0 Å². The molecule has 0 heterocycles. The van der Waals surface area contributed by atoms with Crippen LogP contribution in [-0.4, -0.2) is 6.72 Å². The highest BCUT2D eigenvalue weighted by molar-refractivity contribution is 5.25. The van der Waals surface area contributed by atoms with Crippen LogP contribution in [0.1, 0.15) is 13.8 Å². The largest absolute Gasteiger partial charge is 0.273 e. The Hall–Kier alpha value is -0.590. The Balaban J connectivity index is 3.25. The molecule has 0 aromatic carbocycles. The summed E-state index contributed by atoms with van der Waals surface area (Å²) in [6, 6.07) is 0. The summed E-state index contributed by atoms with van der Waals surface area (Å²) < 4.78 is 0. The molecule has 0 N–H and O–H groups in total. The van der Waals surface area contributed by atoms with Gasteiger partial charge in [-0.05, 0) is 12.6 Å². The second-order valence-electron chi connectivity index (χ2n) is 1.77. The smallest absolute Gasteiger partial charge is 0.0223 e. The third-order valence-corrected chi connectivity index (χ3v) is 0.576. The van der Waals surface area contributed by atoms with Gasteiger partial charge in [0, 0.05) is 6.20 Å². The van der Waals surface area contributed by atoms with Crippen LogP contribution in [0.5, 0.6) is 0 Å². The van der Waals surface area contributed by atoms with Crippen LogP contribution in [0.3, 0.4) is 0 Å². The molecule has 0 rings (SSSR count). The normalized spacial score (nSPS) is 10.7. The Morgan fingerprint density at radius 2 is 2.14 bits per heavy atom. The van der Waals surface area contributed by atoms with Gasteiger partial charge in [0.25, 0.3) is 0 Å². The van der Waals surface area contributed by atoms with Crippen molar-refractivity contribution in [3.8, 4) is 0 Å². The highest BCUT2D eigenvalue weighted by atomic mass is 14.6. The maximum atomic E-state index is 3.55. The van der Waals surface area contributed by atoms with E-state index in [4.69, 9.17) is 0 Å². The van der Waals surface area contributed by atoms with E-state index in [1.54, 1.807) is 6.20 Å². The van der Waals surface area contributed by atoms with Crippen molar-refractivity contribution in [2.75, 3.05) is 0 Å². The van der Waals surface area contributed by atoms with Crippen molar-refractivity contribution >= 4 is 6.72 Å². The van der Waals surface area contributed by atoms with Gasteiger partial charge in [-0.15, -0.1) is 0 Å². The lowest BCUT2D eigenvalue weighted by Gasteiger charge is -1.87. The monoisotopic (exact) mass is 97.1 g/mol. The maximum Gasteiger partial charge on any atom is 0.0223 e. The molecule has 0 amide bonds. The van der Waals surface area contributed by atoms with Gasteiger partial charge in [-0.25, -0.2) is 0 Å². The molecule has 0 saturated carbocycles. The fourth-order valence-electron chi connectivity index (χ4n) is 0.233. The molecule has 7 heavy (non-hydrogen) atoms. The van der Waals surface area contributed by atoms with E-state index in [0.717, 1.165) is 0 Å².